The molecule has 0 saturated heterocycles. The molecule has 6 nitrogen and oxygen atoms in total. The van der Waals surface area contributed by atoms with Crippen LogP contribution in [0.15, 0.2) is 47.6 Å². The van der Waals surface area contributed by atoms with E-state index in [1.165, 1.54) is 24.4 Å². The van der Waals surface area contributed by atoms with Gasteiger partial charge >= 0.3 is 11.8 Å². The van der Waals surface area contributed by atoms with Gasteiger partial charge in [0.05, 0.1) is 6.21 Å². The van der Waals surface area contributed by atoms with Crippen LogP contribution < -0.4 is 10.7 Å². The lowest BCUT2D eigenvalue weighted by molar-refractivity contribution is -0.136. The average molecular weight is 498 g/mol. The maximum atomic E-state index is 12.0. The second kappa shape index (κ2) is 9.75. The third-order valence-electron chi connectivity index (χ3n) is 4.27. The van der Waals surface area contributed by atoms with E-state index < -0.39 is 11.8 Å². The van der Waals surface area contributed by atoms with E-state index in [2.05, 4.69) is 15.8 Å². The normalized spacial score (nSPS) is 11.0. The van der Waals surface area contributed by atoms with Crippen LogP contribution in [0, 0.1) is 13.8 Å². The molecule has 0 fully saturated rings. The lowest BCUT2D eigenvalue weighted by atomic mass is 10.2. The van der Waals surface area contributed by atoms with E-state index in [4.69, 9.17) is 46.4 Å². The van der Waals surface area contributed by atoms with E-state index in [1.54, 1.807) is 18.2 Å². The van der Waals surface area contributed by atoms with Gasteiger partial charge in [-0.1, -0.05) is 46.4 Å². The number of rotatable bonds is 4. The Morgan fingerprint density at radius 3 is 1.97 bits per heavy atom. The summed E-state index contributed by atoms with van der Waals surface area (Å²) < 4.78 is 1.95. The summed E-state index contributed by atoms with van der Waals surface area (Å²) in [6.07, 6.45) is 1.45. The Morgan fingerprint density at radius 2 is 1.39 bits per heavy atom. The summed E-state index contributed by atoms with van der Waals surface area (Å²) in [5.74, 6) is -1.85. The van der Waals surface area contributed by atoms with E-state index in [0.29, 0.717) is 25.8 Å². The van der Waals surface area contributed by atoms with Crippen molar-refractivity contribution in [3.63, 3.8) is 0 Å². The van der Waals surface area contributed by atoms with Crippen molar-refractivity contribution in [3.05, 3.63) is 79.5 Å². The largest absolute Gasteiger partial charge is 0.329 e. The van der Waals surface area contributed by atoms with Crippen molar-refractivity contribution in [1.29, 1.82) is 0 Å². The molecule has 0 aliphatic carbocycles. The van der Waals surface area contributed by atoms with Crippen molar-refractivity contribution in [1.82, 2.24) is 9.99 Å². The van der Waals surface area contributed by atoms with Crippen LogP contribution in [0.25, 0.3) is 5.69 Å². The molecule has 0 bridgehead atoms. The Kier molecular flexibility index (Phi) is 7.28. The van der Waals surface area contributed by atoms with Gasteiger partial charge in [-0.3, -0.25) is 9.59 Å². The fourth-order valence-corrected chi connectivity index (χ4v) is 4.05. The Morgan fingerprint density at radius 1 is 0.839 bits per heavy atom. The number of nitrogens with zero attached hydrogens (tertiary/aromatic N) is 2. The SMILES string of the molecule is Cc1cc(/C=N\NC(=O)C(=O)Nc2cc(Cl)cc(Cl)c2)c(C)n1-c1cc(Cl)cc(Cl)c1. The maximum absolute atomic E-state index is 12.0. The van der Waals surface area contributed by atoms with Crippen LogP contribution in [0.5, 0.6) is 0 Å². The average Bonchev–Trinajstić information content (AvgIpc) is 2.93. The summed E-state index contributed by atoms with van der Waals surface area (Å²) in [6, 6.07) is 11.6. The molecule has 0 unspecified atom stereocenters. The quantitative estimate of drug-likeness (QED) is 0.271. The van der Waals surface area contributed by atoms with Crippen LogP contribution in [0.1, 0.15) is 17.0 Å². The third kappa shape index (κ3) is 5.80. The number of carbonyl (C=O) groups excluding carboxylic acids is 2. The molecule has 2 aromatic carbocycles. The predicted octanol–water partition coefficient (Wildman–Crippen LogP) is 5.80. The lowest BCUT2D eigenvalue weighted by Crippen LogP contribution is -2.32. The zero-order valence-corrected chi connectivity index (χ0v) is 19.4. The van der Waals surface area contributed by atoms with Crippen molar-refractivity contribution in [2.24, 2.45) is 5.10 Å². The first kappa shape index (κ1) is 23.2. The van der Waals surface area contributed by atoms with Crippen molar-refractivity contribution in [3.8, 4) is 5.69 Å². The minimum absolute atomic E-state index is 0.297. The van der Waals surface area contributed by atoms with E-state index in [1.807, 2.05) is 24.5 Å². The molecule has 0 saturated carbocycles. The number of hydrogen-bond acceptors (Lipinski definition) is 3. The molecule has 31 heavy (non-hydrogen) atoms. The maximum Gasteiger partial charge on any atom is 0.329 e. The Bertz CT molecular complexity index is 1160. The van der Waals surface area contributed by atoms with Gasteiger partial charge in [0.15, 0.2) is 0 Å². The molecule has 0 aliphatic rings. The monoisotopic (exact) mass is 496 g/mol. The van der Waals surface area contributed by atoms with E-state index in [9.17, 15) is 9.59 Å². The van der Waals surface area contributed by atoms with Gasteiger partial charge in [0, 0.05) is 48.4 Å². The van der Waals surface area contributed by atoms with Crippen molar-refractivity contribution in [2.75, 3.05) is 5.32 Å². The standard InChI is InChI=1S/C21H16Cl4N4O2/c1-11-3-13(12(2)29(11)19-8-16(24)5-17(25)9-19)10-26-28-21(31)20(30)27-18-6-14(22)4-15(23)7-18/h3-10H,1-2H3,(H,27,30)(H,28,31)/b26-10-. The van der Waals surface area contributed by atoms with E-state index in [-0.39, 0.29) is 0 Å². The number of anilines is 1. The minimum atomic E-state index is -0.942. The number of aryl methyl sites for hydroxylation is 1. The van der Waals surface area contributed by atoms with Gasteiger partial charge in [0.1, 0.15) is 0 Å². The molecule has 0 spiro atoms. The number of carbonyl (C=O) groups is 2. The van der Waals surface area contributed by atoms with Gasteiger partial charge in [-0.2, -0.15) is 5.10 Å². The number of amides is 2. The summed E-state index contributed by atoms with van der Waals surface area (Å²) in [5, 5.41) is 7.98. The molecular weight excluding hydrogens is 482 g/mol. The topological polar surface area (TPSA) is 75.5 Å². The van der Waals surface area contributed by atoms with Gasteiger partial charge in [0.2, 0.25) is 0 Å². The molecule has 0 atom stereocenters. The molecule has 160 valence electrons. The number of nitrogens with one attached hydrogen (secondary N) is 2. The summed E-state index contributed by atoms with van der Waals surface area (Å²) in [4.78, 5) is 24.1. The lowest BCUT2D eigenvalue weighted by Gasteiger charge is -2.10. The second-order valence-electron chi connectivity index (χ2n) is 6.60. The zero-order valence-electron chi connectivity index (χ0n) is 16.3. The highest BCUT2D eigenvalue weighted by atomic mass is 35.5. The second-order valence-corrected chi connectivity index (χ2v) is 8.35. The van der Waals surface area contributed by atoms with Gasteiger partial charge < -0.3 is 9.88 Å². The van der Waals surface area contributed by atoms with E-state index >= 15 is 0 Å². The number of hydrogen-bond donors (Lipinski definition) is 2. The molecule has 0 radical (unpaired) electrons. The first-order chi connectivity index (χ1) is 14.6. The number of hydrazone groups is 1. The summed E-state index contributed by atoms with van der Waals surface area (Å²) >= 11 is 24.0. The number of benzene rings is 2. The molecular formula is C21H16Cl4N4O2. The molecule has 3 rings (SSSR count). The van der Waals surface area contributed by atoms with Gasteiger partial charge in [-0.25, -0.2) is 5.43 Å². The third-order valence-corrected chi connectivity index (χ3v) is 5.15. The first-order valence-electron chi connectivity index (χ1n) is 8.90. The highest BCUT2D eigenvalue weighted by molar-refractivity contribution is 6.40. The Hall–Kier alpha value is -2.51. The molecule has 10 heteroatoms. The molecule has 0 aliphatic heterocycles. The van der Waals surface area contributed by atoms with Crippen LogP contribution in [0.3, 0.4) is 0 Å². The zero-order chi connectivity index (χ0) is 22.7. The predicted molar refractivity (Wildman–Crippen MR) is 126 cm³/mol. The minimum Gasteiger partial charge on any atom is -0.318 e. The van der Waals surface area contributed by atoms with Crippen molar-refractivity contribution < 1.29 is 9.59 Å². The number of aromatic nitrogens is 1. The van der Waals surface area contributed by atoms with E-state index in [0.717, 1.165) is 22.6 Å². The fourth-order valence-electron chi connectivity index (χ4n) is 3.01. The number of halogens is 4. The van der Waals surface area contributed by atoms with Gasteiger partial charge in [-0.15, -0.1) is 0 Å². The van der Waals surface area contributed by atoms with Crippen molar-refractivity contribution in [2.45, 2.75) is 13.8 Å². The highest BCUT2D eigenvalue weighted by Crippen LogP contribution is 2.26. The molecule has 2 N–H and O–H groups in total. The highest BCUT2D eigenvalue weighted by Gasteiger charge is 2.14. The van der Waals surface area contributed by atoms with Gasteiger partial charge in [0.25, 0.3) is 0 Å². The first-order valence-corrected chi connectivity index (χ1v) is 10.4. The van der Waals surface area contributed by atoms with Crippen LogP contribution in [-0.4, -0.2) is 22.6 Å². The summed E-state index contributed by atoms with van der Waals surface area (Å²) in [5.41, 5.74) is 5.81. The molecule has 1 heterocycles. The summed E-state index contributed by atoms with van der Waals surface area (Å²) in [7, 11) is 0. The van der Waals surface area contributed by atoms with Crippen molar-refractivity contribution >= 4 is 70.1 Å². The van der Waals surface area contributed by atoms with Gasteiger partial charge in [-0.05, 0) is 56.3 Å². The van der Waals surface area contributed by atoms with Crippen LogP contribution in [0.4, 0.5) is 5.69 Å². The van der Waals surface area contributed by atoms with Crippen LogP contribution in [0.2, 0.25) is 20.1 Å². The molecule has 3 aromatic rings. The smallest absolute Gasteiger partial charge is 0.318 e. The Balaban J connectivity index is 1.71. The Labute approximate surface area is 198 Å². The molecule has 1 aromatic heterocycles. The van der Waals surface area contributed by atoms with Crippen LogP contribution >= 0.6 is 46.4 Å². The molecule has 2 amide bonds. The van der Waals surface area contributed by atoms with Crippen LogP contribution in [-0.2, 0) is 9.59 Å². The fraction of sp³-hybridized carbons (Fsp3) is 0.0952. The summed E-state index contributed by atoms with van der Waals surface area (Å²) in [6.45, 7) is 3.81.